The molecule has 4 nitrogen and oxygen atoms in total. The maximum Gasteiger partial charge on any atom is 0.0482 e. The summed E-state index contributed by atoms with van der Waals surface area (Å²) in [6.45, 7) is 1.68. The Bertz CT molecular complexity index is 2280. The van der Waals surface area contributed by atoms with Crippen molar-refractivity contribution in [2.75, 3.05) is 33.7 Å². The van der Waals surface area contributed by atoms with Gasteiger partial charge in [0.2, 0.25) is 0 Å². The molecule has 0 aliphatic heterocycles. The highest BCUT2D eigenvalue weighted by molar-refractivity contribution is 7.99. The average molecular weight is 759 g/mol. The van der Waals surface area contributed by atoms with Gasteiger partial charge < -0.3 is 19.6 Å². The molecule has 5 heteroatoms. The van der Waals surface area contributed by atoms with Gasteiger partial charge in [-0.25, -0.2) is 0 Å². The van der Waals surface area contributed by atoms with E-state index >= 15 is 0 Å². The summed E-state index contributed by atoms with van der Waals surface area (Å²) in [5.41, 5.74) is 11.6. The molecular formula is C52H46N4S. The van der Waals surface area contributed by atoms with Crippen LogP contribution < -0.4 is 19.6 Å². The third-order valence-electron chi connectivity index (χ3n) is 10.0. The summed E-state index contributed by atoms with van der Waals surface area (Å²) in [6.07, 6.45) is 0. The molecule has 280 valence electrons. The van der Waals surface area contributed by atoms with Gasteiger partial charge in [-0.2, -0.15) is 0 Å². The number of para-hydroxylation sites is 2. The van der Waals surface area contributed by atoms with Gasteiger partial charge in [0, 0.05) is 82.5 Å². The summed E-state index contributed by atoms with van der Waals surface area (Å²) in [5, 5.41) is 0. The van der Waals surface area contributed by atoms with Gasteiger partial charge in [0.25, 0.3) is 0 Å². The van der Waals surface area contributed by atoms with Crippen LogP contribution >= 0.6 is 11.8 Å². The Balaban J connectivity index is 1.02. The van der Waals surface area contributed by atoms with Crippen molar-refractivity contribution in [3.05, 3.63) is 230 Å². The molecule has 0 aliphatic rings. The van der Waals surface area contributed by atoms with Crippen LogP contribution in [0.3, 0.4) is 0 Å². The first-order valence-electron chi connectivity index (χ1n) is 19.4. The summed E-state index contributed by atoms with van der Waals surface area (Å²) in [6, 6.07) is 77.8. The zero-order valence-electron chi connectivity index (χ0n) is 32.4. The molecule has 8 aromatic carbocycles. The minimum Gasteiger partial charge on any atom is -0.370 e. The van der Waals surface area contributed by atoms with Gasteiger partial charge in [0.15, 0.2) is 0 Å². The first kappa shape index (κ1) is 37.2. The normalized spacial score (nSPS) is 10.8. The largest absolute Gasteiger partial charge is 0.370 e. The standard InChI is InChI=1S/C52H46N4S/c1-53(39-41-17-7-3-8-18-41)47-25-15-27-49(37-47)55(43-21-11-5-12-22-43)45-29-33-51(34-30-45)57-52-35-31-46(32-36-52)56(44-23-13-6-14-24-44)50-28-16-26-48(38-50)54(2)40-42-19-9-4-10-20-42/h3-38H,39-40H2,1-2H3. The van der Waals surface area contributed by atoms with Gasteiger partial charge in [0.05, 0.1) is 0 Å². The van der Waals surface area contributed by atoms with Crippen LogP contribution in [0.15, 0.2) is 228 Å². The second kappa shape index (κ2) is 17.8. The molecule has 0 heterocycles. The first-order chi connectivity index (χ1) is 28.1. The van der Waals surface area contributed by atoms with E-state index in [0.717, 1.165) is 47.2 Å². The monoisotopic (exact) mass is 758 g/mol. The zero-order valence-corrected chi connectivity index (χ0v) is 33.2. The highest BCUT2D eigenvalue weighted by Gasteiger charge is 2.16. The summed E-state index contributed by atoms with van der Waals surface area (Å²) >= 11 is 1.78. The predicted octanol–water partition coefficient (Wildman–Crippen LogP) is 14.1. The maximum absolute atomic E-state index is 2.33. The lowest BCUT2D eigenvalue weighted by Gasteiger charge is -2.28. The molecule has 8 aromatic rings. The van der Waals surface area contributed by atoms with Crippen LogP contribution in [-0.2, 0) is 13.1 Å². The second-order valence-corrected chi connectivity index (χ2v) is 15.3. The van der Waals surface area contributed by atoms with Crippen molar-refractivity contribution in [1.82, 2.24) is 0 Å². The molecule has 8 rings (SSSR count). The summed E-state index contributed by atoms with van der Waals surface area (Å²) in [4.78, 5) is 11.6. The number of hydrogen-bond donors (Lipinski definition) is 0. The van der Waals surface area contributed by atoms with Crippen LogP contribution in [0.1, 0.15) is 11.1 Å². The van der Waals surface area contributed by atoms with Crippen molar-refractivity contribution >= 4 is 57.3 Å². The predicted molar refractivity (Wildman–Crippen MR) is 243 cm³/mol. The van der Waals surface area contributed by atoms with Crippen LogP contribution in [0.25, 0.3) is 0 Å². The lowest BCUT2D eigenvalue weighted by molar-refractivity contribution is 0.923. The van der Waals surface area contributed by atoms with E-state index in [-0.39, 0.29) is 0 Å². The Hall–Kier alpha value is -6.69. The van der Waals surface area contributed by atoms with Gasteiger partial charge in [-0.15, -0.1) is 0 Å². The number of nitrogens with zero attached hydrogens (tertiary/aromatic N) is 4. The van der Waals surface area contributed by atoms with Crippen molar-refractivity contribution in [3.8, 4) is 0 Å². The van der Waals surface area contributed by atoms with Gasteiger partial charge in [-0.3, -0.25) is 0 Å². The quantitative estimate of drug-likeness (QED) is 0.109. The molecule has 0 saturated carbocycles. The number of rotatable bonds is 14. The molecule has 0 unspecified atom stereocenters. The Morgan fingerprint density at radius 1 is 0.298 bits per heavy atom. The molecule has 0 fully saturated rings. The highest BCUT2D eigenvalue weighted by Crippen LogP contribution is 2.40. The minimum absolute atomic E-state index is 0.840. The van der Waals surface area contributed by atoms with Crippen LogP contribution in [0.4, 0.5) is 45.5 Å². The lowest BCUT2D eigenvalue weighted by atomic mass is 10.1. The van der Waals surface area contributed by atoms with E-state index in [4.69, 9.17) is 0 Å². The molecule has 0 bridgehead atoms. The molecular weight excluding hydrogens is 713 g/mol. The Morgan fingerprint density at radius 2 is 0.596 bits per heavy atom. The van der Waals surface area contributed by atoms with Crippen LogP contribution in [0, 0.1) is 0 Å². The van der Waals surface area contributed by atoms with E-state index in [1.165, 1.54) is 32.3 Å². The fourth-order valence-electron chi connectivity index (χ4n) is 7.15. The van der Waals surface area contributed by atoms with Crippen molar-refractivity contribution in [2.24, 2.45) is 0 Å². The van der Waals surface area contributed by atoms with E-state index in [9.17, 15) is 0 Å². The third-order valence-corrected chi connectivity index (χ3v) is 11.1. The number of hydrogen-bond acceptors (Lipinski definition) is 5. The molecule has 0 aromatic heterocycles. The summed E-state index contributed by atoms with van der Waals surface area (Å²) in [7, 11) is 4.31. The van der Waals surface area contributed by atoms with Crippen molar-refractivity contribution in [2.45, 2.75) is 22.9 Å². The Morgan fingerprint density at radius 3 is 0.965 bits per heavy atom. The molecule has 0 amide bonds. The fourth-order valence-corrected chi connectivity index (χ4v) is 7.96. The van der Waals surface area contributed by atoms with E-state index in [0.29, 0.717) is 0 Å². The Labute approximate surface area is 341 Å². The summed E-state index contributed by atoms with van der Waals surface area (Å²) in [5.74, 6) is 0. The maximum atomic E-state index is 2.33. The van der Waals surface area contributed by atoms with Crippen molar-refractivity contribution in [3.63, 3.8) is 0 Å². The molecule has 0 N–H and O–H groups in total. The van der Waals surface area contributed by atoms with Crippen molar-refractivity contribution < 1.29 is 0 Å². The molecule has 0 radical (unpaired) electrons. The third kappa shape index (κ3) is 9.24. The van der Waals surface area contributed by atoms with Crippen LogP contribution in [-0.4, -0.2) is 14.1 Å². The van der Waals surface area contributed by atoms with Crippen LogP contribution in [0.2, 0.25) is 0 Å². The number of benzene rings is 8. The van der Waals surface area contributed by atoms with Gasteiger partial charge >= 0.3 is 0 Å². The minimum atomic E-state index is 0.840. The molecule has 0 spiro atoms. The van der Waals surface area contributed by atoms with E-state index in [2.05, 4.69) is 252 Å². The SMILES string of the molecule is CN(Cc1ccccc1)c1cccc(N(c2ccccc2)c2ccc(Sc3ccc(N(c4ccccc4)c4cccc(N(C)Cc5ccccc5)c4)cc3)cc2)c1. The van der Waals surface area contributed by atoms with E-state index in [1.54, 1.807) is 11.8 Å². The van der Waals surface area contributed by atoms with Crippen molar-refractivity contribution in [1.29, 1.82) is 0 Å². The Kier molecular flexibility index (Phi) is 11.7. The van der Waals surface area contributed by atoms with E-state index < -0.39 is 0 Å². The van der Waals surface area contributed by atoms with Crippen LogP contribution in [0.5, 0.6) is 0 Å². The molecule has 0 saturated heterocycles. The molecule has 0 aliphatic carbocycles. The summed E-state index contributed by atoms with van der Waals surface area (Å²) < 4.78 is 0. The average Bonchev–Trinajstić information content (AvgIpc) is 3.27. The fraction of sp³-hybridized carbons (Fsp3) is 0.0769. The number of anilines is 8. The lowest BCUT2D eigenvalue weighted by Crippen LogP contribution is -2.17. The molecule has 57 heavy (non-hydrogen) atoms. The van der Waals surface area contributed by atoms with Gasteiger partial charge in [0.1, 0.15) is 0 Å². The zero-order chi connectivity index (χ0) is 38.8. The second-order valence-electron chi connectivity index (χ2n) is 14.2. The first-order valence-corrected chi connectivity index (χ1v) is 20.2. The molecule has 0 atom stereocenters. The van der Waals surface area contributed by atoms with E-state index in [1.807, 2.05) is 0 Å². The highest BCUT2D eigenvalue weighted by atomic mass is 32.2. The smallest absolute Gasteiger partial charge is 0.0482 e. The van der Waals surface area contributed by atoms with Gasteiger partial charge in [-0.1, -0.05) is 121 Å². The topological polar surface area (TPSA) is 13.0 Å². The van der Waals surface area contributed by atoms with Gasteiger partial charge in [-0.05, 0) is 120 Å².